The summed E-state index contributed by atoms with van der Waals surface area (Å²) < 4.78 is 18.8. The largest absolute Gasteiger partial charge is 0.379 e. The van der Waals surface area contributed by atoms with Crippen molar-refractivity contribution in [1.29, 1.82) is 0 Å². The third-order valence-corrected chi connectivity index (χ3v) is 5.71. The van der Waals surface area contributed by atoms with Gasteiger partial charge in [0.25, 0.3) is 0 Å². The summed E-state index contributed by atoms with van der Waals surface area (Å²) in [4.78, 5) is 15.3. The van der Waals surface area contributed by atoms with Crippen LogP contribution in [0.3, 0.4) is 0 Å². The number of halogens is 1. The maximum absolute atomic E-state index is 13.4. The summed E-state index contributed by atoms with van der Waals surface area (Å²) in [5, 5.41) is 3.18. The van der Waals surface area contributed by atoms with E-state index in [1.165, 1.54) is 12.1 Å². The summed E-state index contributed by atoms with van der Waals surface area (Å²) in [5.41, 5.74) is 1.73. The molecule has 0 bridgehead atoms. The van der Waals surface area contributed by atoms with Crippen molar-refractivity contribution < 1.29 is 13.9 Å². The molecule has 1 saturated heterocycles. The Balaban J connectivity index is 1.48. The summed E-state index contributed by atoms with van der Waals surface area (Å²) in [6, 6.07) is 16.6. The summed E-state index contributed by atoms with van der Waals surface area (Å²) in [6.07, 6.45) is 1.78. The van der Waals surface area contributed by atoms with Crippen LogP contribution in [0.4, 0.5) is 4.39 Å². The number of hydrogen-bond donors (Lipinski definition) is 1. The Bertz CT molecular complexity index is 769. The number of carbonyl (C=O) groups excluding carboxylic acids is 1. The first-order valence-electron chi connectivity index (χ1n) is 9.60. The van der Waals surface area contributed by atoms with Gasteiger partial charge in [-0.2, -0.15) is 0 Å². The monoisotopic (exact) mass is 368 g/mol. The Morgan fingerprint density at radius 2 is 1.74 bits per heavy atom. The van der Waals surface area contributed by atoms with E-state index in [0.29, 0.717) is 19.8 Å². The average molecular weight is 368 g/mol. The molecule has 1 N–H and O–H groups in total. The zero-order valence-electron chi connectivity index (χ0n) is 15.4. The van der Waals surface area contributed by atoms with Gasteiger partial charge in [-0.1, -0.05) is 42.5 Å². The zero-order chi connectivity index (χ0) is 18.7. The molecular weight excluding hydrogens is 343 g/mol. The van der Waals surface area contributed by atoms with Crippen molar-refractivity contribution in [1.82, 2.24) is 10.2 Å². The lowest BCUT2D eigenvalue weighted by Crippen LogP contribution is -2.45. The maximum Gasteiger partial charge on any atom is 0.230 e. The minimum Gasteiger partial charge on any atom is -0.379 e. The van der Waals surface area contributed by atoms with Crippen LogP contribution >= 0.6 is 0 Å². The van der Waals surface area contributed by atoms with Crippen molar-refractivity contribution in [3.63, 3.8) is 0 Å². The van der Waals surface area contributed by atoms with Crippen molar-refractivity contribution >= 4 is 5.91 Å². The molecule has 27 heavy (non-hydrogen) atoms. The fourth-order valence-electron chi connectivity index (χ4n) is 3.92. The Morgan fingerprint density at radius 1 is 1.07 bits per heavy atom. The Hall–Kier alpha value is -2.24. The highest BCUT2D eigenvalue weighted by Crippen LogP contribution is 2.48. The van der Waals surface area contributed by atoms with Gasteiger partial charge in [-0.25, -0.2) is 4.39 Å². The fraction of sp³-hybridized carbons (Fsp3) is 0.409. The molecule has 2 aromatic carbocycles. The van der Waals surface area contributed by atoms with Crippen molar-refractivity contribution in [3.05, 3.63) is 71.5 Å². The van der Waals surface area contributed by atoms with Crippen LogP contribution in [0.2, 0.25) is 0 Å². The van der Waals surface area contributed by atoms with Crippen molar-refractivity contribution in [2.24, 2.45) is 0 Å². The van der Waals surface area contributed by atoms with Crippen LogP contribution < -0.4 is 5.32 Å². The molecule has 0 radical (unpaired) electrons. The molecule has 2 fully saturated rings. The predicted molar refractivity (Wildman–Crippen MR) is 102 cm³/mol. The van der Waals surface area contributed by atoms with Gasteiger partial charge in [-0.05, 0) is 36.1 Å². The molecule has 1 heterocycles. The highest BCUT2D eigenvalue weighted by atomic mass is 19.1. The number of carbonyl (C=O) groups is 1. The zero-order valence-corrected chi connectivity index (χ0v) is 15.4. The third-order valence-electron chi connectivity index (χ3n) is 5.71. The second-order valence-corrected chi connectivity index (χ2v) is 7.37. The molecule has 0 spiro atoms. The van der Waals surface area contributed by atoms with Gasteiger partial charge in [-0.3, -0.25) is 9.69 Å². The summed E-state index contributed by atoms with van der Waals surface area (Å²) in [7, 11) is 0. The smallest absolute Gasteiger partial charge is 0.230 e. The Morgan fingerprint density at radius 3 is 2.37 bits per heavy atom. The number of morpholine rings is 1. The summed E-state index contributed by atoms with van der Waals surface area (Å²) in [6.45, 7) is 3.49. The Kier molecular flexibility index (Phi) is 5.23. The standard InChI is InChI=1S/C22H25FN2O2/c23-19-8-6-17(7-9-19)20(25-12-14-27-15-13-25)16-24-21(26)22(10-11-22)18-4-2-1-3-5-18/h1-9,20H,10-16H2,(H,24,26)/t20-/m1/s1. The minimum absolute atomic E-state index is 0.0185. The van der Waals surface area contributed by atoms with Gasteiger partial charge in [0.15, 0.2) is 0 Å². The molecule has 0 aromatic heterocycles. The van der Waals surface area contributed by atoms with Gasteiger partial charge in [0.1, 0.15) is 5.82 Å². The van der Waals surface area contributed by atoms with Gasteiger partial charge in [0.2, 0.25) is 5.91 Å². The van der Waals surface area contributed by atoms with Crippen LogP contribution in [0.5, 0.6) is 0 Å². The first-order chi connectivity index (χ1) is 13.2. The number of nitrogens with zero attached hydrogens (tertiary/aromatic N) is 1. The van der Waals surface area contributed by atoms with E-state index in [0.717, 1.165) is 37.1 Å². The maximum atomic E-state index is 13.4. The van der Waals surface area contributed by atoms with E-state index in [-0.39, 0.29) is 23.2 Å². The lowest BCUT2D eigenvalue weighted by atomic mass is 9.94. The first kappa shape index (κ1) is 18.1. The number of nitrogens with one attached hydrogen (secondary N) is 1. The molecule has 1 aliphatic heterocycles. The van der Waals surface area contributed by atoms with Crippen LogP contribution in [0.15, 0.2) is 54.6 Å². The molecule has 2 aromatic rings. The molecule has 142 valence electrons. The second kappa shape index (κ2) is 7.79. The molecule has 4 nitrogen and oxygen atoms in total. The number of benzene rings is 2. The van der Waals surface area contributed by atoms with Gasteiger partial charge in [0.05, 0.1) is 24.7 Å². The summed E-state index contributed by atoms with van der Waals surface area (Å²) in [5.74, 6) is -0.154. The average Bonchev–Trinajstić information content (AvgIpc) is 3.53. The van der Waals surface area contributed by atoms with E-state index in [1.807, 2.05) is 42.5 Å². The quantitative estimate of drug-likeness (QED) is 0.852. The number of hydrogen-bond acceptors (Lipinski definition) is 3. The highest BCUT2D eigenvalue weighted by molar-refractivity contribution is 5.91. The van der Waals surface area contributed by atoms with Gasteiger partial charge >= 0.3 is 0 Å². The molecule has 1 aliphatic carbocycles. The van der Waals surface area contributed by atoms with E-state index < -0.39 is 0 Å². The van der Waals surface area contributed by atoms with Crippen molar-refractivity contribution in [2.45, 2.75) is 24.3 Å². The van der Waals surface area contributed by atoms with Crippen LogP contribution in [0.1, 0.15) is 30.0 Å². The fourth-order valence-corrected chi connectivity index (χ4v) is 3.92. The van der Waals surface area contributed by atoms with E-state index in [9.17, 15) is 9.18 Å². The lowest BCUT2D eigenvalue weighted by Gasteiger charge is -2.35. The van der Waals surface area contributed by atoms with Gasteiger partial charge in [-0.15, -0.1) is 0 Å². The normalized spacial score (nSPS) is 20.0. The van der Waals surface area contributed by atoms with Crippen LogP contribution in [-0.4, -0.2) is 43.7 Å². The van der Waals surface area contributed by atoms with E-state index >= 15 is 0 Å². The topological polar surface area (TPSA) is 41.6 Å². The van der Waals surface area contributed by atoms with Crippen molar-refractivity contribution in [3.8, 4) is 0 Å². The van der Waals surface area contributed by atoms with E-state index in [4.69, 9.17) is 4.74 Å². The SMILES string of the molecule is O=C(NC[C@H](c1ccc(F)cc1)N1CCOCC1)C1(c2ccccc2)CC1. The van der Waals surface area contributed by atoms with E-state index in [2.05, 4.69) is 10.2 Å². The summed E-state index contributed by atoms with van der Waals surface area (Å²) >= 11 is 0. The van der Waals surface area contributed by atoms with Crippen LogP contribution in [-0.2, 0) is 14.9 Å². The Labute approximate surface area is 159 Å². The van der Waals surface area contributed by atoms with E-state index in [1.54, 1.807) is 0 Å². The minimum atomic E-state index is -0.375. The molecule has 0 unspecified atom stereocenters. The molecular formula is C22H25FN2O2. The highest BCUT2D eigenvalue weighted by Gasteiger charge is 2.51. The molecule has 1 amide bonds. The van der Waals surface area contributed by atoms with Gasteiger partial charge < -0.3 is 10.1 Å². The molecule has 5 heteroatoms. The van der Waals surface area contributed by atoms with Gasteiger partial charge in [0, 0.05) is 19.6 Å². The number of ether oxygens (including phenoxy) is 1. The number of rotatable bonds is 6. The molecule has 1 saturated carbocycles. The van der Waals surface area contributed by atoms with Crippen molar-refractivity contribution in [2.75, 3.05) is 32.8 Å². The van der Waals surface area contributed by atoms with Crippen LogP contribution in [0, 0.1) is 5.82 Å². The van der Waals surface area contributed by atoms with Crippen LogP contribution in [0.25, 0.3) is 0 Å². The molecule has 1 atom stereocenters. The predicted octanol–water partition coefficient (Wildman–Crippen LogP) is 3.05. The lowest BCUT2D eigenvalue weighted by molar-refractivity contribution is -0.124. The second-order valence-electron chi connectivity index (χ2n) is 7.37. The number of amides is 1. The molecule has 4 rings (SSSR count). The first-order valence-corrected chi connectivity index (χ1v) is 9.60. The molecule has 2 aliphatic rings. The third kappa shape index (κ3) is 3.89.